The smallest absolute Gasteiger partial charge is 0.122 e. The average molecular weight is 307 g/mol. The van der Waals surface area contributed by atoms with E-state index in [1.807, 2.05) is 18.2 Å². The van der Waals surface area contributed by atoms with Gasteiger partial charge in [-0.05, 0) is 35.1 Å². The summed E-state index contributed by atoms with van der Waals surface area (Å²) in [4.78, 5) is 0. The van der Waals surface area contributed by atoms with Crippen molar-refractivity contribution in [2.24, 2.45) is 0 Å². The maximum absolute atomic E-state index is 9.45. The third-order valence-electron chi connectivity index (χ3n) is 4.18. The monoisotopic (exact) mass is 307 g/mol. The van der Waals surface area contributed by atoms with Crippen molar-refractivity contribution in [1.29, 1.82) is 5.26 Å². The number of rotatable bonds is 7. The number of para-hydroxylation sites is 1. The maximum Gasteiger partial charge on any atom is 0.122 e. The molecule has 0 aliphatic carbocycles. The summed E-state index contributed by atoms with van der Waals surface area (Å²) in [6, 6.07) is 18.9. The Morgan fingerprint density at radius 3 is 2.26 bits per heavy atom. The lowest BCUT2D eigenvalue weighted by Gasteiger charge is -2.14. The Morgan fingerprint density at radius 2 is 1.65 bits per heavy atom. The van der Waals surface area contributed by atoms with Crippen molar-refractivity contribution in [3.05, 3.63) is 65.2 Å². The molecule has 23 heavy (non-hydrogen) atoms. The summed E-state index contributed by atoms with van der Waals surface area (Å²) in [5.41, 5.74) is 3.59. The summed E-state index contributed by atoms with van der Waals surface area (Å²) in [5.74, 6) is 1.32. The third-order valence-corrected chi connectivity index (χ3v) is 4.18. The van der Waals surface area contributed by atoms with E-state index in [0.29, 0.717) is 18.9 Å². The minimum atomic E-state index is -0.120. The maximum atomic E-state index is 9.45. The predicted octanol–water partition coefficient (Wildman–Crippen LogP) is 5.45. The van der Waals surface area contributed by atoms with Gasteiger partial charge in [0, 0.05) is 6.42 Å². The molecule has 1 unspecified atom stereocenters. The molecule has 0 aliphatic heterocycles. The molecule has 0 radical (unpaired) electrons. The third kappa shape index (κ3) is 4.60. The number of aryl methyl sites for hydroxylation is 1. The Balaban J connectivity index is 1.96. The number of benzene rings is 2. The highest BCUT2D eigenvalue weighted by atomic mass is 16.5. The number of nitrogens with zero attached hydrogens (tertiary/aromatic N) is 1. The highest BCUT2D eigenvalue weighted by Crippen LogP contribution is 2.24. The zero-order valence-electron chi connectivity index (χ0n) is 14.3. The van der Waals surface area contributed by atoms with Crippen LogP contribution in [-0.4, -0.2) is 6.61 Å². The number of ether oxygens (including phenoxy) is 1. The molecule has 0 saturated carbocycles. The molecule has 0 aliphatic rings. The normalized spacial score (nSPS) is 12.0. The summed E-state index contributed by atoms with van der Waals surface area (Å²) in [6.45, 7) is 7.03. The molecule has 2 rings (SSSR count). The lowest BCUT2D eigenvalue weighted by molar-refractivity contribution is 0.303. The molecule has 2 aromatic carbocycles. The fraction of sp³-hybridized carbons (Fsp3) is 0.381. The van der Waals surface area contributed by atoms with Gasteiger partial charge in [0.15, 0.2) is 0 Å². The second-order valence-electron chi connectivity index (χ2n) is 6.10. The average Bonchev–Trinajstić information content (AvgIpc) is 2.59. The van der Waals surface area contributed by atoms with Crippen LogP contribution >= 0.6 is 0 Å². The van der Waals surface area contributed by atoms with E-state index in [-0.39, 0.29) is 5.92 Å². The van der Waals surface area contributed by atoms with Gasteiger partial charge < -0.3 is 4.74 Å². The first-order chi connectivity index (χ1) is 11.2. The summed E-state index contributed by atoms with van der Waals surface area (Å²) in [5, 5.41) is 9.45. The second-order valence-corrected chi connectivity index (χ2v) is 6.10. The Hall–Kier alpha value is -2.27. The van der Waals surface area contributed by atoms with Crippen LogP contribution < -0.4 is 4.74 Å². The van der Waals surface area contributed by atoms with Crippen LogP contribution in [0, 0.1) is 11.3 Å². The van der Waals surface area contributed by atoms with Gasteiger partial charge in [-0.1, -0.05) is 63.2 Å². The Morgan fingerprint density at radius 1 is 1.00 bits per heavy atom. The Labute approximate surface area is 139 Å². The predicted molar refractivity (Wildman–Crippen MR) is 94.8 cm³/mol. The fourth-order valence-corrected chi connectivity index (χ4v) is 2.64. The van der Waals surface area contributed by atoms with Gasteiger partial charge in [0.05, 0.1) is 18.6 Å². The molecule has 0 bridgehead atoms. The molecule has 2 heteroatoms. The molecule has 1 atom stereocenters. The topological polar surface area (TPSA) is 33.0 Å². The van der Waals surface area contributed by atoms with Gasteiger partial charge in [-0.25, -0.2) is 0 Å². The fourth-order valence-electron chi connectivity index (χ4n) is 2.64. The van der Waals surface area contributed by atoms with E-state index in [0.717, 1.165) is 17.7 Å². The molecule has 120 valence electrons. The molecule has 0 fully saturated rings. The molecular weight excluding hydrogens is 282 g/mol. The van der Waals surface area contributed by atoms with Crippen molar-refractivity contribution >= 4 is 0 Å². The first-order valence-corrected chi connectivity index (χ1v) is 8.35. The van der Waals surface area contributed by atoms with Crippen molar-refractivity contribution in [1.82, 2.24) is 0 Å². The number of hydrogen-bond acceptors (Lipinski definition) is 2. The van der Waals surface area contributed by atoms with Gasteiger partial charge in [0.25, 0.3) is 0 Å². The molecule has 0 heterocycles. The zero-order valence-corrected chi connectivity index (χ0v) is 14.3. The molecule has 0 saturated heterocycles. The van der Waals surface area contributed by atoms with Crippen molar-refractivity contribution < 1.29 is 4.74 Å². The van der Waals surface area contributed by atoms with E-state index in [1.165, 1.54) is 11.1 Å². The molecule has 0 amide bonds. The summed E-state index contributed by atoms with van der Waals surface area (Å²) < 4.78 is 5.89. The van der Waals surface area contributed by atoms with E-state index >= 15 is 0 Å². The van der Waals surface area contributed by atoms with Crippen LogP contribution in [-0.2, 0) is 6.42 Å². The second kappa shape index (κ2) is 8.39. The zero-order chi connectivity index (χ0) is 16.7. The van der Waals surface area contributed by atoms with Crippen LogP contribution in [0.15, 0.2) is 48.5 Å². The van der Waals surface area contributed by atoms with Gasteiger partial charge in [-0.15, -0.1) is 0 Å². The molecule has 0 aromatic heterocycles. The molecular formula is C21H25NO. The minimum Gasteiger partial charge on any atom is -0.493 e. The molecule has 0 spiro atoms. The van der Waals surface area contributed by atoms with Crippen LogP contribution in [0.4, 0.5) is 0 Å². The van der Waals surface area contributed by atoms with Crippen molar-refractivity contribution in [3.63, 3.8) is 0 Å². The van der Waals surface area contributed by atoms with Gasteiger partial charge in [0.1, 0.15) is 5.75 Å². The van der Waals surface area contributed by atoms with E-state index in [1.54, 1.807) is 0 Å². The molecule has 2 nitrogen and oxygen atoms in total. The minimum absolute atomic E-state index is 0.120. The van der Waals surface area contributed by atoms with Crippen LogP contribution in [0.25, 0.3) is 0 Å². The van der Waals surface area contributed by atoms with Crippen LogP contribution in [0.1, 0.15) is 55.7 Å². The highest BCUT2D eigenvalue weighted by Gasteiger charge is 2.12. The summed E-state index contributed by atoms with van der Waals surface area (Å²) >= 11 is 0. The van der Waals surface area contributed by atoms with Crippen LogP contribution in [0.2, 0.25) is 0 Å². The Kier molecular flexibility index (Phi) is 6.23. The number of hydrogen-bond donors (Lipinski definition) is 0. The quantitative estimate of drug-likeness (QED) is 0.681. The largest absolute Gasteiger partial charge is 0.493 e. The van der Waals surface area contributed by atoms with E-state index < -0.39 is 0 Å². The van der Waals surface area contributed by atoms with E-state index in [9.17, 15) is 5.26 Å². The number of nitriles is 1. The van der Waals surface area contributed by atoms with Crippen molar-refractivity contribution in [3.8, 4) is 11.8 Å². The lowest BCUT2D eigenvalue weighted by Crippen LogP contribution is -2.06. The lowest BCUT2D eigenvalue weighted by atomic mass is 9.94. The van der Waals surface area contributed by atoms with Crippen molar-refractivity contribution in [2.75, 3.05) is 6.61 Å². The van der Waals surface area contributed by atoms with Gasteiger partial charge in [-0.3, -0.25) is 0 Å². The van der Waals surface area contributed by atoms with Crippen LogP contribution in [0.5, 0.6) is 5.75 Å². The van der Waals surface area contributed by atoms with E-state index in [2.05, 4.69) is 57.2 Å². The Bertz CT molecular complexity index is 652. The van der Waals surface area contributed by atoms with Crippen LogP contribution in [0.3, 0.4) is 0 Å². The standard InChI is InChI=1S/C21H25NO/c1-4-17-7-5-6-8-21(17)23-14-13-20(15-22)19-11-9-18(10-12-19)16(2)3/h5-12,16,20H,4,13-14H2,1-3H3. The van der Waals surface area contributed by atoms with Gasteiger partial charge in [0.2, 0.25) is 0 Å². The highest BCUT2D eigenvalue weighted by molar-refractivity contribution is 5.33. The van der Waals surface area contributed by atoms with Gasteiger partial charge >= 0.3 is 0 Å². The van der Waals surface area contributed by atoms with Crippen molar-refractivity contribution in [2.45, 2.75) is 45.4 Å². The summed E-state index contributed by atoms with van der Waals surface area (Å²) in [7, 11) is 0. The summed E-state index contributed by atoms with van der Waals surface area (Å²) in [6.07, 6.45) is 1.66. The SMILES string of the molecule is CCc1ccccc1OCCC(C#N)c1ccc(C(C)C)cc1. The molecule has 0 N–H and O–H groups in total. The molecule has 2 aromatic rings. The van der Waals surface area contributed by atoms with Gasteiger partial charge in [-0.2, -0.15) is 5.26 Å². The first-order valence-electron chi connectivity index (χ1n) is 8.35. The van der Waals surface area contributed by atoms with E-state index in [4.69, 9.17) is 4.74 Å². The first kappa shape index (κ1) is 17.1.